The summed E-state index contributed by atoms with van der Waals surface area (Å²) < 4.78 is 5.32. The second kappa shape index (κ2) is 4.73. The van der Waals surface area contributed by atoms with E-state index in [2.05, 4.69) is 12.1 Å². The molecule has 1 saturated carbocycles. The van der Waals surface area contributed by atoms with Gasteiger partial charge in [-0.2, -0.15) is 0 Å². The third-order valence-corrected chi connectivity index (χ3v) is 4.29. The number of rotatable bonds is 2. The van der Waals surface area contributed by atoms with E-state index in [4.69, 9.17) is 4.74 Å². The van der Waals surface area contributed by atoms with Crippen molar-refractivity contribution in [3.8, 4) is 0 Å². The number of hydrogen-bond acceptors (Lipinski definition) is 3. The largest absolute Gasteiger partial charge is 0.444 e. The van der Waals surface area contributed by atoms with Crippen LogP contribution >= 0.6 is 0 Å². The molecule has 1 aromatic carbocycles. The van der Waals surface area contributed by atoms with E-state index in [-0.39, 0.29) is 12.0 Å². The Kier molecular flexibility index (Phi) is 3.24. The zero-order valence-corrected chi connectivity index (χ0v) is 12.9. The van der Waals surface area contributed by atoms with Gasteiger partial charge >= 0.3 is 6.09 Å². The minimum atomic E-state index is -0.739. The zero-order chi connectivity index (χ0) is 15.3. The normalized spacial score (nSPS) is 27.0. The number of carbonyl (C=O) groups excluding carboxylic acids is 1. The van der Waals surface area contributed by atoms with Gasteiger partial charge in [0.05, 0.1) is 13.1 Å². The Morgan fingerprint density at radius 3 is 2.48 bits per heavy atom. The first kappa shape index (κ1) is 14.4. The third-order valence-electron chi connectivity index (χ3n) is 4.29. The van der Waals surface area contributed by atoms with E-state index < -0.39 is 11.2 Å². The molecule has 1 aliphatic heterocycles. The van der Waals surface area contributed by atoms with E-state index in [1.54, 1.807) is 4.90 Å². The highest BCUT2D eigenvalue weighted by molar-refractivity contribution is 5.69. The van der Waals surface area contributed by atoms with Crippen LogP contribution in [0.2, 0.25) is 0 Å². The van der Waals surface area contributed by atoms with Crippen molar-refractivity contribution in [3.05, 3.63) is 35.9 Å². The Hall–Kier alpha value is -1.55. The topological polar surface area (TPSA) is 49.8 Å². The molecule has 1 aromatic rings. The summed E-state index contributed by atoms with van der Waals surface area (Å²) in [5.74, 6) is 0.690. The molecule has 21 heavy (non-hydrogen) atoms. The van der Waals surface area contributed by atoms with Gasteiger partial charge < -0.3 is 14.7 Å². The number of nitrogens with zero attached hydrogens (tertiary/aromatic N) is 1. The number of benzene rings is 1. The van der Waals surface area contributed by atoms with Gasteiger partial charge in [-0.3, -0.25) is 0 Å². The maximum Gasteiger partial charge on any atom is 0.410 e. The molecule has 1 amide bonds. The van der Waals surface area contributed by atoms with Crippen molar-refractivity contribution >= 4 is 6.09 Å². The first-order valence-electron chi connectivity index (χ1n) is 7.54. The molecule has 4 nitrogen and oxygen atoms in total. The smallest absolute Gasteiger partial charge is 0.410 e. The average molecular weight is 289 g/mol. The van der Waals surface area contributed by atoms with E-state index in [1.807, 2.05) is 39.0 Å². The van der Waals surface area contributed by atoms with Crippen LogP contribution in [-0.2, 0) is 4.74 Å². The molecule has 0 radical (unpaired) electrons. The summed E-state index contributed by atoms with van der Waals surface area (Å²) in [6.45, 7) is 6.32. The Morgan fingerprint density at radius 2 is 1.90 bits per heavy atom. The lowest BCUT2D eigenvalue weighted by Gasteiger charge is -2.47. The summed E-state index contributed by atoms with van der Waals surface area (Å²) in [7, 11) is 0. The second-order valence-corrected chi connectivity index (χ2v) is 7.30. The maximum atomic E-state index is 11.9. The molecule has 0 aromatic heterocycles. The van der Waals surface area contributed by atoms with Crippen LogP contribution in [0.25, 0.3) is 0 Å². The lowest BCUT2D eigenvalue weighted by Crippen LogP contribution is -2.65. The molecule has 1 saturated heterocycles. The fourth-order valence-corrected chi connectivity index (χ4v) is 3.16. The molecule has 1 N–H and O–H groups in total. The van der Waals surface area contributed by atoms with Crippen LogP contribution in [0.3, 0.4) is 0 Å². The third kappa shape index (κ3) is 2.91. The fourth-order valence-electron chi connectivity index (χ4n) is 3.16. The molecular formula is C17H23NO3. The quantitative estimate of drug-likeness (QED) is 0.910. The summed E-state index contributed by atoms with van der Waals surface area (Å²) >= 11 is 0. The van der Waals surface area contributed by atoms with Gasteiger partial charge in [-0.25, -0.2) is 4.79 Å². The van der Waals surface area contributed by atoms with Crippen molar-refractivity contribution in [1.29, 1.82) is 0 Å². The SMILES string of the molecule is CC(C)(C)OC(=O)N1CC(O)(C2CC2c2ccccc2)C1. The highest BCUT2D eigenvalue weighted by Crippen LogP contribution is 2.55. The first-order chi connectivity index (χ1) is 9.78. The fraction of sp³-hybridized carbons (Fsp3) is 0.588. The van der Waals surface area contributed by atoms with Crippen molar-refractivity contribution in [1.82, 2.24) is 4.90 Å². The molecular weight excluding hydrogens is 266 g/mol. The van der Waals surface area contributed by atoms with Crippen molar-refractivity contribution in [3.63, 3.8) is 0 Å². The summed E-state index contributed by atoms with van der Waals surface area (Å²) in [6, 6.07) is 10.3. The van der Waals surface area contributed by atoms with Gasteiger partial charge in [0.25, 0.3) is 0 Å². The van der Waals surface area contributed by atoms with Crippen LogP contribution in [0, 0.1) is 5.92 Å². The standard InChI is InChI=1S/C17H23NO3/c1-16(2,3)21-15(19)18-10-17(20,11-18)14-9-13(14)12-7-5-4-6-8-12/h4-8,13-14,20H,9-11H2,1-3H3. The number of carbonyl (C=O) groups is 1. The number of ether oxygens (including phenoxy) is 1. The van der Waals surface area contributed by atoms with Gasteiger partial charge in [0.2, 0.25) is 0 Å². The van der Waals surface area contributed by atoms with E-state index >= 15 is 0 Å². The van der Waals surface area contributed by atoms with E-state index in [0.29, 0.717) is 19.0 Å². The molecule has 0 spiro atoms. The zero-order valence-electron chi connectivity index (χ0n) is 12.9. The van der Waals surface area contributed by atoms with Gasteiger partial charge in [0, 0.05) is 0 Å². The summed E-state index contributed by atoms with van der Waals surface area (Å²) in [5, 5.41) is 10.6. The molecule has 2 unspecified atom stereocenters. The molecule has 1 heterocycles. The van der Waals surface area contributed by atoms with Crippen molar-refractivity contribution in [2.45, 2.75) is 44.3 Å². The molecule has 2 fully saturated rings. The minimum Gasteiger partial charge on any atom is -0.444 e. The summed E-state index contributed by atoms with van der Waals surface area (Å²) in [4.78, 5) is 13.5. The first-order valence-corrected chi connectivity index (χ1v) is 7.54. The Morgan fingerprint density at radius 1 is 1.29 bits per heavy atom. The average Bonchev–Trinajstić information content (AvgIpc) is 3.14. The number of amides is 1. The highest BCUT2D eigenvalue weighted by Gasteiger charge is 2.59. The van der Waals surface area contributed by atoms with Crippen molar-refractivity contribution in [2.24, 2.45) is 5.92 Å². The minimum absolute atomic E-state index is 0.263. The Bertz CT molecular complexity index is 529. The monoisotopic (exact) mass is 289 g/mol. The van der Waals surface area contributed by atoms with E-state index in [1.165, 1.54) is 5.56 Å². The molecule has 114 valence electrons. The molecule has 0 bridgehead atoms. The number of likely N-dealkylation sites (tertiary alicyclic amines) is 1. The maximum absolute atomic E-state index is 11.9. The van der Waals surface area contributed by atoms with Crippen LogP contribution in [-0.4, -0.2) is 40.4 Å². The lowest BCUT2D eigenvalue weighted by molar-refractivity contribution is -0.112. The lowest BCUT2D eigenvalue weighted by atomic mass is 9.87. The molecule has 2 atom stereocenters. The second-order valence-electron chi connectivity index (χ2n) is 7.30. The number of β-amino-alcohol motifs (C(OH)–C–C–N with tert-alkyl or cyclic N) is 1. The van der Waals surface area contributed by atoms with Crippen LogP contribution in [0.15, 0.2) is 30.3 Å². The van der Waals surface area contributed by atoms with E-state index in [0.717, 1.165) is 6.42 Å². The predicted octanol–water partition coefficient (Wildman–Crippen LogP) is 2.77. The van der Waals surface area contributed by atoms with Crippen LogP contribution in [0.5, 0.6) is 0 Å². The van der Waals surface area contributed by atoms with E-state index in [9.17, 15) is 9.90 Å². The van der Waals surface area contributed by atoms with Crippen LogP contribution in [0.1, 0.15) is 38.7 Å². The molecule has 2 aliphatic rings. The van der Waals surface area contributed by atoms with Gasteiger partial charge in [0.15, 0.2) is 0 Å². The van der Waals surface area contributed by atoms with Gasteiger partial charge in [-0.05, 0) is 44.6 Å². The Labute approximate surface area is 125 Å². The highest BCUT2D eigenvalue weighted by atomic mass is 16.6. The summed E-state index contributed by atoms with van der Waals surface area (Å²) in [6.07, 6.45) is 0.673. The summed E-state index contributed by atoms with van der Waals surface area (Å²) in [5.41, 5.74) is 0.0561. The van der Waals surface area contributed by atoms with Crippen molar-refractivity contribution in [2.75, 3.05) is 13.1 Å². The molecule has 3 rings (SSSR count). The number of hydrogen-bond donors (Lipinski definition) is 1. The van der Waals surface area contributed by atoms with Crippen LogP contribution in [0.4, 0.5) is 4.79 Å². The Balaban J connectivity index is 1.55. The predicted molar refractivity (Wildman–Crippen MR) is 80.0 cm³/mol. The van der Waals surface area contributed by atoms with Gasteiger partial charge in [0.1, 0.15) is 11.2 Å². The van der Waals surface area contributed by atoms with Crippen molar-refractivity contribution < 1.29 is 14.6 Å². The van der Waals surface area contributed by atoms with Gasteiger partial charge in [-0.15, -0.1) is 0 Å². The molecule has 4 heteroatoms. The number of aliphatic hydroxyl groups is 1. The van der Waals surface area contributed by atoms with Crippen LogP contribution < -0.4 is 0 Å². The molecule has 1 aliphatic carbocycles. The van der Waals surface area contributed by atoms with Gasteiger partial charge in [-0.1, -0.05) is 30.3 Å².